The minimum atomic E-state index is -0.607. The molecule has 0 saturated heterocycles. The fourth-order valence-corrected chi connectivity index (χ4v) is 2.43. The fourth-order valence-electron chi connectivity index (χ4n) is 2.43. The number of nitrogens with zero attached hydrogens (tertiary/aromatic N) is 1. The minimum absolute atomic E-state index is 0.115. The number of aryl methyl sites for hydroxylation is 3. The molecule has 128 valence electrons. The number of carbonyl (C=O) groups is 2. The molecule has 24 heavy (non-hydrogen) atoms. The van der Waals surface area contributed by atoms with E-state index in [0.717, 1.165) is 17.5 Å². The van der Waals surface area contributed by atoms with Crippen LogP contribution in [0.5, 0.6) is 0 Å². The zero-order valence-electron chi connectivity index (χ0n) is 14.4. The summed E-state index contributed by atoms with van der Waals surface area (Å²) in [6.07, 6.45) is 0.743. The van der Waals surface area contributed by atoms with Crippen molar-refractivity contribution in [2.45, 2.75) is 40.2 Å². The van der Waals surface area contributed by atoms with Gasteiger partial charge in [0.1, 0.15) is 11.3 Å². The van der Waals surface area contributed by atoms with Gasteiger partial charge in [-0.05, 0) is 32.8 Å². The third kappa shape index (κ3) is 4.22. The quantitative estimate of drug-likeness (QED) is 0.823. The average Bonchev–Trinajstić information content (AvgIpc) is 2.90. The van der Waals surface area contributed by atoms with Gasteiger partial charge in [0.2, 0.25) is 0 Å². The SMILES string of the molecule is CC[C@@H](NC(=O)COC(=O)c1c(C)noc1C)c1ccc(C)cc1. The molecule has 1 aromatic heterocycles. The Morgan fingerprint density at radius 1 is 1.21 bits per heavy atom. The zero-order chi connectivity index (χ0) is 17.7. The van der Waals surface area contributed by atoms with Crippen LogP contribution in [-0.2, 0) is 9.53 Å². The molecule has 1 aromatic carbocycles. The van der Waals surface area contributed by atoms with Crippen molar-refractivity contribution in [1.29, 1.82) is 0 Å². The first-order valence-electron chi connectivity index (χ1n) is 7.88. The van der Waals surface area contributed by atoms with Crippen LogP contribution in [0.4, 0.5) is 0 Å². The lowest BCUT2D eigenvalue weighted by atomic mass is 10.0. The Morgan fingerprint density at radius 2 is 1.88 bits per heavy atom. The Morgan fingerprint density at radius 3 is 2.42 bits per heavy atom. The summed E-state index contributed by atoms with van der Waals surface area (Å²) < 4.78 is 9.98. The number of esters is 1. The van der Waals surface area contributed by atoms with E-state index in [1.165, 1.54) is 0 Å². The van der Waals surface area contributed by atoms with E-state index >= 15 is 0 Å². The maximum atomic E-state index is 12.1. The van der Waals surface area contributed by atoms with Crippen molar-refractivity contribution in [2.24, 2.45) is 0 Å². The number of nitrogens with one attached hydrogen (secondary N) is 1. The number of carbonyl (C=O) groups excluding carboxylic acids is 2. The van der Waals surface area contributed by atoms with Gasteiger partial charge >= 0.3 is 5.97 Å². The van der Waals surface area contributed by atoms with Crippen molar-refractivity contribution < 1.29 is 18.8 Å². The summed E-state index contributed by atoms with van der Waals surface area (Å²) in [7, 11) is 0. The van der Waals surface area contributed by atoms with Gasteiger partial charge in [-0.1, -0.05) is 41.9 Å². The summed E-state index contributed by atoms with van der Waals surface area (Å²) in [4.78, 5) is 24.1. The highest BCUT2D eigenvalue weighted by Crippen LogP contribution is 2.17. The van der Waals surface area contributed by atoms with E-state index in [1.54, 1.807) is 13.8 Å². The van der Waals surface area contributed by atoms with Crippen molar-refractivity contribution in [2.75, 3.05) is 6.61 Å². The molecular formula is C18H22N2O4. The molecule has 1 amide bonds. The Hall–Kier alpha value is -2.63. The Bertz CT molecular complexity index is 700. The van der Waals surface area contributed by atoms with Crippen LogP contribution in [-0.4, -0.2) is 23.6 Å². The molecule has 6 nitrogen and oxygen atoms in total. The molecule has 0 radical (unpaired) electrons. The summed E-state index contributed by atoms with van der Waals surface area (Å²) in [5, 5.41) is 6.57. The monoisotopic (exact) mass is 330 g/mol. The van der Waals surface area contributed by atoms with E-state index in [4.69, 9.17) is 9.26 Å². The van der Waals surface area contributed by atoms with Gasteiger partial charge in [0.25, 0.3) is 5.91 Å². The number of ether oxygens (including phenoxy) is 1. The van der Waals surface area contributed by atoms with Crippen LogP contribution in [0.1, 0.15) is 52.3 Å². The third-order valence-corrected chi connectivity index (χ3v) is 3.80. The van der Waals surface area contributed by atoms with Gasteiger partial charge in [-0.3, -0.25) is 4.79 Å². The number of rotatable bonds is 6. The topological polar surface area (TPSA) is 81.4 Å². The molecule has 6 heteroatoms. The molecule has 0 unspecified atom stereocenters. The van der Waals surface area contributed by atoms with Crippen molar-refractivity contribution in [3.8, 4) is 0 Å². The summed E-state index contributed by atoms with van der Waals surface area (Å²) in [5.74, 6) is -0.573. The molecule has 1 N–H and O–H groups in total. The van der Waals surface area contributed by atoms with Gasteiger partial charge in [0.05, 0.1) is 11.7 Å². The second kappa shape index (κ2) is 7.77. The first-order chi connectivity index (χ1) is 11.4. The lowest BCUT2D eigenvalue weighted by Crippen LogP contribution is -2.32. The normalized spacial score (nSPS) is 11.8. The van der Waals surface area contributed by atoms with Gasteiger partial charge in [-0.15, -0.1) is 0 Å². The molecule has 0 aliphatic heterocycles. The van der Waals surface area contributed by atoms with Crippen LogP contribution in [0.3, 0.4) is 0 Å². The molecular weight excluding hydrogens is 308 g/mol. The summed E-state index contributed by atoms with van der Waals surface area (Å²) in [5.41, 5.74) is 2.90. The van der Waals surface area contributed by atoms with Crippen molar-refractivity contribution in [3.63, 3.8) is 0 Å². The van der Waals surface area contributed by atoms with Crippen LogP contribution in [0.25, 0.3) is 0 Å². The van der Waals surface area contributed by atoms with Crippen LogP contribution in [0, 0.1) is 20.8 Å². The van der Waals surface area contributed by atoms with E-state index in [-0.39, 0.29) is 24.1 Å². The van der Waals surface area contributed by atoms with E-state index in [9.17, 15) is 9.59 Å². The minimum Gasteiger partial charge on any atom is -0.452 e. The van der Waals surface area contributed by atoms with Gasteiger partial charge in [0, 0.05) is 0 Å². The lowest BCUT2D eigenvalue weighted by Gasteiger charge is -2.17. The first kappa shape index (κ1) is 17.7. The second-order valence-electron chi connectivity index (χ2n) is 5.71. The van der Waals surface area contributed by atoms with Gasteiger partial charge in [0.15, 0.2) is 6.61 Å². The molecule has 0 aliphatic rings. The highest BCUT2D eigenvalue weighted by atomic mass is 16.5. The van der Waals surface area contributed by atoms with E-state index in [0.29, 0.717) is 11.5 Å². The number of aromatic nitrogens is 1. The molecule has 1 heterocycles. The fraction of sp³-hybridized carbons (Fsp3) is 0.389. The molecule has 0 bridgehead atoms. The van der Waals surface area contributed by atoms with E-state index in [2.05, 4.69) is 10.5 Å². The molecule has 2 rings (SSSR count). The van der Waals surface area contributed by atoms with Crippen LogP contribution < -0.4 is 5.32 Å². The Labute approximate surface area is 141 Å². The predicted molar refractivity (Wildman–Crippen MR) is 88.6 cm³/mol. The molecule has 0 saturated carbocycles. The number of benzene rings is 1. The average molecular weight is 330 g/mol. The molecule has 0 spiro atoms. The highest BCUT2D eigenvalue weighted by Gasteiger charge is 2.20. The maximum absolute atomic E-state index is 12.1. The third-order valence-electron chi connectivity index (χ3n) is 3.80. The maximum Gasteiger partial charge on any atom is 0.344 e. The number of hydrogen-bond acceptors (Lipinski definition) is 5. The smallest absolute Gasteiger partial charge is 0.344 e. The molecule has 1 atom stereocenters. The standard InChI is InChI=1S/C18H22N2O4/c1-5-15(14-8-6-11(2)7-9-14)19-16(21)10-23-18(22)17-12(3)20-24-13(17)4/h6-9,15H,5,10H2,1-4H3,(H,19,21)/t15-/m1/s1. The van der Waals surface area contributed by atoms with E-state index < -0.39 is 5.97 Å². The summed E-state index contributed by atoms with van der Waals surface area (Å²) >= 11 is 0. The van der Waals surface area contributed by atoms with Crippen molar-refractivity contribution in [3.05, 3.63) is 52.4 Å². The van der Waals surface area contributed by atoms with Gasteiger partial charge < -0.3 is 14.6 Å². The number of hydrogen-bond donors (Lipinski definition) is 1. The molecule has 2 aromatic rings. The first-order valence-corrected chi connectivity index (χ1v) is 7.88. The highest BCUT2D eigenvalue weighted by molar-refractivity contribution is 5.93. The zero-order valence-corrected chi connectivity index (χ0v) is 14.4. The summed E-state index contributed by atoms with van der Waals surface area (Å²) in [6, 6.07) is 7.86. The lowest BCUT2D eigenvalue weighted by molar-refractivity contribution is -0.125. The second-order valence-corrected chi connectivity index (χ2v) is 5.71. The number of amides is 1. The Kier molecular flexibility index (Phi) is 5.73. The van der Waals surface area contributed by atoms with Crippen LogP contribution in [0.15, 0.2) is 28.8 Å². The van der Waals surface area contributed by atoms with Crippen LogP contribution >= 0.6 is 0 Å². The predicted octanol–water partition coefficient (Wildman–Crippen LogP) is 3.02. The van der Waals surface area contributed by atoms with E-state index in [1.807, 2.05) is 38.1 Å². The molecule has 0 aliphatic carbocycles. The van der Waals surface area contributed by atoms with Crippen molar-refractivity contribution in [1.82, 2.24) is 10.5 Å². The molecule has 0 fully saturated rings. The van der Waals surface area contributed by atoms with Crippen molar-refractivity contribution >= 4 is 11.9 Å². The van der Waals surface area contributed by atoms with Crippen LogP contribution in [0.2, 0.25) is 0 Å². The Balaban J connectivity index is 1.92. The van der Waals surface area contributed by atoms with Gasteiger partial charge in [-0.25, -0.2) is 4.79 Å². The summed E-state index contributed by atoms with van der Waals surface area (Å²) in [6.45, 7) is 6.93. The van der Waals surface area contributed by atoms with Gasteiger partial charge in [-0.2, -0.15) is 0 Å². The largest absolute Gasteiger partial charge is 0.452 e.